The first-order chi connectivity index (χ1) is 9.21. The van der Waals surface area contributed by atoms with Crippen LogP contribution in [0.25, 0.3) is 6.08 Å². The van der Waals surface area contributed by atoms with Gasteiger partial charge in [-0.15, -0.1) is 0 Å². The van der Waals surface area contributed by atoms with E-state index in [0.717, 1.165) is 12.2 Å². The van der Waals surface area contributed by atoms with Crippen molar-refractivity contribution >= 4 is 11.8 Å². The maximum absolute atomic E-state index is 3.21. The first kappa shape index (κ1) is 15.3. The third-order valence-corrected chi connectivity index (χ3v) is 2.94. The van der Waals surface area contributed by atoms with Crippen molar-refractivity contribution in [3.63, 3.8) is 0 Å². The second-order valence-corrected chi connectivity index (χ2v) is 4.46. The summed E-state index contributed by atoms with van der Waals surface area (Å²) in [5.74, 6) is 0. The summed E-state index contributed by atoms with van der Waals surface area (Å²) in [7, 11) is 1.95. The Morgan fingerprint density at radius 3 is 2.68 bits per heavy atom. The Balaban J connectivity index is 2.87. The van der Waals surface area contributed by atoms with Crippen molar-refractivity contribution in [2.45, 2.75) is 20.8 Å². The van der Waals surface area contributed by atoms with Crippen LogP contribution in [0.3, 0.4) is 0 Å². The van der Waals surface area contributed by atoms with E-state index >= 15 is 0 Å². The van der Waals surface area contributed by atoms with Gasteiger partial charge in [0.1, 0.15) is 5.70 Å². The Labute approximate surface area is 116 Å². The van der Waals surface area contributed by atoms with E-state index < -0.39 is 0 Å². The van der Waals surface area contributed by atoms with Gasteiger partial charge in [0.05, 0.1) is 6.54 Å². The quantitative estimate of drug-likeness (QED) is 0.753. The molecule has 0 aliphatic heterocycles. The van der Waals surface area contributed by atoms with Crippen LogP contribution in [0, 0.1) is 0 Å². The number of quaternary nitrogens is 1. The molecule has 0 atom stereocenters. The van der Waals surface area contributed by atoms with E-state index in [1.807, 2.05) is 13.1 Å². The molecule has 0 saturated heterocycles. The zero-order valence-corrected chi connectivity index (χ0v) is 12.4. The van der Waals surface area contributed by atoms with Crippen LogP contribution in [-0.2, 0) is 0 Å². The van der Waals surface area contributed by atoms with Crippen LogP contribution < -0.4 is 10.6 Å². The lowest BCUT2D eigenvalue weighted by molar-refractivity contribution is -0.602. The molecular formula is C17H25N2+. The molecule has 1 rings (SSSR count). The zero-order chi connectivity index (χ0) is 14.1. The number of nitrogens with two attached hydrogens (primary N) is 1. The molecule has 19 heavy (non-hydrogen) atoms. The topological polar surface area (TPSA) is 28.6 Å². The number of hydrogen-bond acceptors (Lipinski definition) is 1. The highest BCUT2D eigenvalue weighted by atomic mass is 14.9. The highest BCUT2D eigenvalue weighted by Crippen LogP contribution is 2.17. The van der Waals surface area contributed by atoms with Crippen molar-refractivity contribution in [1.29, 1.82) is 0 Å². The van der Waals surface area contributed by atoms with Crippen molar-refractivity contribution in [2.24, 2.45) is 0 Å². The van der Waals surface area contributed by atoms with E-state index in [2.05, 4.69) is 73.9 Å². The average Bonchev–Trinajstić information content (AvgIpc) is 2.44. The predicted octanol–water partition coefficient (Wildman–Crippen LogP) is 3.17. The number of anilines is 1. The number of rotatable bonds is 6. The molecule has 0 bridgehead atoms. The van der Waals surface area contributed by atoms with Gasteiger partial charge in [-0.25, -0.2) is 0 Å². The van der Waals surface area contributed by atoms with Crippen molar-refractivity contribution in [3.05, 3.63) is 59.3 Å². The van der Waals surface area contributed by atoms with Gasteiger partial charge in [0, 0.05) is 25.7 Å². The van der Waals surface area contributed by atoms with Gasteiger partial charge >= 0.3 is 0 Å². The summed E-state index contributed by atoms with van der Waals surface area (Å²) in [4.78, 5) is 0. The maximum Gasteiger partial charge on any atom is 0.103 e. The summed E-state index contributed by atoms with van der Waals surface area (Å²) >= 11 is 0. The van der Waals surface area contributed by atoms with Gasteiger partial charge in [0.25, 0.3) is 0 Å². The van der Waals surface area contributed by atoms with Crippen LogP contribution in [0.1, 0.15) is 26.3 Å². The van der Waals surface area contributed by atoms with Gasteiger partial charge in [-0.05, 0) is 31.1 Å². The van der Waals surface area contributed by atoms with Gasteiger partial charge in [-0.3, -0.25) is 0 Å². The Kier molecular flexibility index (Phi) is 6.69. The molecule has 0 heterocycles. The van der Waals surface area contributed by atoms with Crippen molar-refractivity contribution in [2.75, 3.05) is 18.9 Å². The standard InChI is InChI=1S/C17H24N2/c1-5-15(13-14(3)19-6-2)11-12-16-9-7-8-10-17(16)18-4/h5,7-13,18-19H,6H2,1-4H3/p+1/b12-11+,14-13-,15-5-. The lowest BCUT2D eigenvalue weighted by Gasteiger charge is -2.04. The number of allylic oxidation sites excluding steroid dienone is 5. The van der Waals surface area contributed by atoms with E-state index in [1.165, 1.54) is 16.8 Å². The van der Waals surface area contributed by atoms with E-state index in [9.17, 15) is 0 Å². The lowest BCUT2D eigenvalue weighted by Crippen LogP contribution is -2.80. The third kappa shape index (κ3) is 5.14. The molecule has 0 radical (unpaired) electrons. The number of hydrogen-bond donors (Lipinski definition) is 2. The summed E-state index contributed by atoms with van der Waals surface area (Å²) in [6.45, 7) is 7.44. The maximum atomic E-state index is 3.21. The Morgan fingerprint density at radius 1 is 1.32 bits per heavy atom. The molecule has 0 amide bonds. The summed E-state index contributed by atoms with van der Waals surface area (Å²) < 4.78 is 0. The van der Waals surface area contributed by atoms with Crippen molar-refractivity contribution in [3.8, 4) is 0 Å². The molecule has 0 unspecified atom stereocenters. The van der Waals surface area contributed by atoms with Crippen LogP contribution in [-0.4, -0.2) is 13.6 Å². The number of benzene rings is 1. The highest BCUT2D eigenvalue weighted by Gasteiger charge is 1.96. The van der Waals surface area contributed by atoms with Gasteiger partial charge in [-0.1, -0.05) is 36.4 Å². The van der Waals surface area contributed by atoms with Crippen LogP contribution >= 0.6 is 0 Å². The molecule has 0 spiro atoms. The molecule has 0 fully saturated rings. The fourth-order valence-electron chi connectivity index (χ4n) is 1.93. The zero-order valence-electron chi connectivity index (χ0n) is 12.4. The first-order valence-corrected chi connectivity index (χ1v) is 6.84. The molecular weight excluding hydrogens is 232 g/mol. The summed E-state index contributed by atoms with van der Waals surface area (Å²) in [6.07, 6.45) is 8.65. The van der Waals surface area contributed by atoms with Gasteiger partial charge in [0.15, 0.2) is 0 Å². The largest absolute Gasteiger partial charge is 0.388 e. The van der Waals surface area contributed by atoms with Crippen LogP contribution in [0.4, 0.5) is 5.69 Å². The van der Waals surface area contributed by atoms with E-state index in [-0.39, 0.29) is 0 Å². The van der Waals surface area contributed by atoms with Gasteiger partial charge < -0.3 is 10.6 Å². The van der Waals surface area contributed by atoms with Gasteiger partial charge in [0.2, 0.25) is 0 Å². The number of nitrogens with one attached hydrogen (secondary N) is 1. The molecule has 3 N–H and O–H groups in total. The summed E-state index contributed by atoms with van der Waals surface area (Å²) in [5.41, 5.74) is 4.89. The van der Waals surface area contributed by atoms with E-state index in [0.29, 0.717) is 0 Å². The molecule has 0 aliphatic rings. The Hall–Kier alpha value is -1.80. The van der Waals surface area contributed by atoms with E-state index in [1.54, 1.807) is 0 Å². The predicted molar refractivity (Wildman–Crippen MR) is 85.0 cm³/mol. The molecule has 0 saturated carbocycles. The first-order valence-electron chi connectivity index (χ1n) is 6.84. The monoisotopic (exact) mass is 257 g/mol. The third-order valence-electron chi connectivity index (χ3n) is 2.94. The average molecular weight is 257 g/mol. The lowest BCUT2D eigenvalue weighted by atomic mass is 10.1. The Morgan fingerprint density at radius 2 is 2.05 bits per heavy atom. The normalized spacial score (nSPS) is 13.1. The molecule has 102 valence electrons. The minimum Gasteiger partial charge on any atom is -0.388 e. The minimum absolute atomic E-state index is 1.08. The van der Waals surface area contributed by atoms with Crippen LogP contribution in [0.2, 0.25) is 0 Å². The van der Waals surface area contributed by atoms with Crippen LogP contribution in [0.5, 0.6) is 0 Å². The number of para-hydroxylation sites is 1. The highest BCUT2D eigenvalue weighted by molar-refractivity contribution is 5.68. The second kappa shape index (κ2) is 8.33. The van der Waals surface area contributed by atoms with Crippen molar-refractivity contribution < 1.29 is 5.32 Å². The Bertz CT molecular complexity index is 482. The molecule has 1 aromatic carbocycles. The molecule has 0 aliphatic carbocycles. The second-order valence-electron chi connectivity index (χ2n) is 4.46. The fraction of sp³-hybridized carbons (Fsp3) is 0.294. The molecule has 1 aromatic rings. The van der Waals surface area contributed by atoms with Crippen molar-refractivity contribution in [1.82, 2.24) is 0 Å². The van der Waals surface area contributed by atoms with E-state index in [4.69, 9.17) is 0 Å². The fourth-order valence-corrected chi connectivity index (χ4v) is 1.93. The minimum atomic E-state index is 1.08. The molecule has 2 heteroatoms. The summed E-state index contributed by atoms with van der Waals surface area (Å²) in [5, 5.41) is 5.44. The molecule has 2 nitrogen and oxygen atoms in total. The summed E-state index contributed by atoms with van der Waals surface area (Å²) in [6, 6.07) is 8.30. The van der Waals surface area contributed by atoms with Gasteiger partial charge in [-0.2, -0.15) is 0 Å². The van der Waals surface area contributed by atoms with Crippen LogP contribution in [0.15, 0.2) is 53.8 Å². The molecule has 0 aromatic heterocycles. The smallest absolute Gasteiger partial charge is 0.103 e. The SMILES string of the molecule is C/C=C(\C=C(\C)[NH2+]CC)/C=C/c1ccccc1NC.